The molecule has 142 valence electrons. The van der Waals surface area contributed by atoms with E-state index in [9.17, 15) is 4.79 Å². The Hall–Kier alpha value is -2.41. The van der Waals surface area contributed by atoms with Gasteiger partial charge in [-0.2, -0.15) is 0 Å². The van der Waals surface area contributed by atoms with Gasteiger partial charge in [-0.1, -0.05) is 18.2 Å². The molecule has 1 aromatic carbocycles. The molecule has 0 unspecified atom stereocenters. The van der Waals surface area contributed by atoms with Crippen LogP contribution >= 0.6 is 0 Å². The predicted octanol–water partition coefficient (Wildman–Crippen LogP) is 1.95. The topological polar surface area (TPSA) is 63.5 Å². The fraction of sp³-hybridized carbons (Fsp3) is 0.550. The largest absolute Gasteiger partial charge is 0.492 e. The van der Waals surface area contributed by atoms with Crippen LogP contribution in [0.4, 0.5) is 0 Å². The molecule has 7 nitrogen and oxygen atoms in total. The van der Waals surface area contributed by atoms with E-state index in [1.807, 2.05) is 23.1 Å². The normalized spacial score (nSPS) is 22.6. The summed E-state index contributed by atoms with van der Waals surface area (Å²) in [5.74, 6) is 3.70. The van der Waals surface area contributed by atoms with Gasteiger partial charge in [0, 0.05) is 31.1 Å². The van der Waals surface area contributed by atoms with E-state index in [1.54, 1.807) is 0 Å². The quantitative estimate of drug-likeness (QED) is 0.830. The first-order valence-corrected chi connectivity index (χ1v) is 9.83. The lowest BCUT2D eigenvalue weighted by Crippen LogP contribution is -2.45. The summed E-state index contributed by atoms with van der Waals surface area (Å²) in [4.78, 5) is 17.1. The maximum Gasteiger partial charge on any atom is 0.237 e. The molecule has 2 aliphatic heterocycles. The minimum Gasteiger partial charge on any atom is -0.492 e. The summed E-state index contributed by atoms with van der Waals surface area (Å²) in [5, 5.41) is 8.78. The minimum absolute atomic E-state index is 0.156. The fourth-order valence-electron chi connectivity index (χ4n) is 4.18. The molecule has 1 fully saturated rings. The van der Waals surface area contributed by atoms with E-state index in [2.05, 4.69) is 32.7 Å². The van der Waals surface area contributed by atoms with E-state index >= 15 is 0 Å². The van der Waals surface area contributed by atoms with Gasteiger partial charge in [0.1, 0.15) is 18.2 Å². The number of carbonyl (C=O) groups excluding carboxylic acids is 1. The summed E-state index contributed by atoms with van der Waals surface area (Å²) in [6.45, 7) is 5.97. The molecule has 1 atom stereocenters. The van der Waals surface area contributed by atoms with Crippen molar-refractivity contribution in [3.8, 4) is 5.75 Å². The van der Waals surface area contributed by atoms with Crippen molar-refractivity contribution >= 4 is 5.91 Å². The Labute approximate surface area is 158 Å². The summed E-state index contributed by atoms with van der Waals surface area (Å²) in [6, 6.07) is 8.31. The van der Waals surface area contributed by atoms with Crippen molar-refractivity contribution in [2.75, 3.05) is 26.2 Å². The second-order valence-corrected chi connectivity index (χ2v) is 7.91. The smallest absolute Gasteiger partial charge is 0.237 e. The molecule has 3 heterocycles. The Bertz CT molecular complexity index is 860. The van der Waals surface area contributed by atoms with Gasteiger partial charge < -0.3 is 14.2 Å². The van der Waals surface area contributed by atoms with Crippen LogP contribution in [0, 0.1) is 0 Å². The molecule has 2 aromatic rings. The highest BCUT2D eigenvalue weighted by atomic mass is 16.5. The first kappa shape index (κ1) is 16.7. The monoisotopic (exact) mass is 367 g/mol. The van der Waals surface area contributed by atoms with Crippen LogP contribution in [-0.4, -0.2) is 56.7 Å². The summed E-state index contributed by atoms with van der Waals surface area (Å²) < 4.78 is 8.07. The number of rotatable bonds is 3. The van der Waals surface area contributed by atoms with Gasteiger partial charge in [-0.25, -0.2) is 0 Å². The molecule has 0 saturated heterocycles. The predicted molar refractivity (Wildman–Crippen MR) is 99.3 cm³/mol. The Morgan fingerprint density at radius 2 is 2.07 bits per heavy atom. The lowest BCUT2D eigenvalue weighted by molar-refractivity contribution is -0.134. The number of benzene rings is 1. The molecule has 7 heteroatoms. The number of carbonyl (C=O) groups is 1. The molecule has 1 aromatic heterocycles. The standard InChI is InChI=1S/C20H25N5O2/c1-14-10-24(12-18-21-22-20(25(14)18)15-6-7-15)19(26)13-23-8-9-27-17-5-3-2-4-16(17)11-23/h2-5,14-15H,6-13H2,1H3/t14-/m0/s1. The molecule has 1 aliphatic carbocycles. The van der Waals surface area contributed by atoms with Gasteiger partial charge in [0.25, 0.3) is 0 Å². The number of aromatic nitrogens is 3. The number of hydrogen-bond acceptors (Lipinski definition) is 5. The maximum absolute atomic E-state index is 13.0. The minimum atomic E-state index is 0.156. The van der Waals surface area contributed by atoms with Crippen LogP contribution in [0.3, 0.4) is 0 Å². The highest BCUT2D eigenvalue weighted by molar-refractivity contribution is 5.78. The Balaban J connectivity index is 1.27. The number of ether oxygens (including phenoxy) is 1. The van der Waals surface area contributed by atoms with Crippen molar-refractivity contribution < 1.29 is 9.53 Å². The van der Waals surface area contributed by atoms with Crippen molar-refractivity contribution in [2.24, 2.45) is 0 Å². The molecule has 3 aliphatic rings. The van der Waals surface area contributed by atoms with E-state index in [-0.39, 0.29) is 11.9 Å². The van der Waals surface area contributed by atoms with Gasteiger partial charge in [-0.05, 0) is 25.8 Å². The zero-order valence-corrected chi connectivity index (χ0v) is 15.7. The molecular formula is C20H25N5O2. The third-order valence-corrected chi connectivity index (χ3v) is 5.74. The molecule has 5 rings (SSSR count). The molecule has 0 radical (unpaired) electrons. The summed E-state index contributed by atoms with van der Waals surface area (Å²) in [7, 11) is 0. The van der Waals surface area contributed by atoms with Crippen LogP contribution in [-0.2, 0) is 17.9 Å². The second-order valence-electron chi connectivity index (χ2n) is 7.91. The van der Waals surface area contributed by atoms with Gasteiger partial charge in [0.05, 0.1) is 19.1 Å². The van der Waals surface area contributed by atoms with Crippen molar-refractivity contribution in [1.82, 2.24) is 24.6 Å². The van der Waals surface area contributed by atoms with Gasteiger partial charge in [0.15, 0.2) is 5.82 Å². The summed E-state index contributed by atoms with van der Waals surface area (Å²) in [6.07, 6.45) is 2.43. The van der Waals surface area contributed by atoms with E-state index in [0.29, 0.717) is 25.6 Å². The molecule has 0 bridgehead atoms. The highest BCUT2D eigenvalue weighted by Crippen LogP contribution is 2.41. The van der Waals surface area contributed by atoms with Crippen molar-refractivity contribution in [3.63, 3.8) is 0 Å². The van der Waals surface area contributed by atoms with Crippen LogP contribution < -0.4 is 4.74 Å². The van der Waals surface area contributed by atoms with E-state index in [4.69, 9.17) is 4.74 Å². The third kappa shape index (κ3) is 3.20. The van der Waals surface area contributed by atoms with Crippen molar-refractivity contribution in [1.29, 1.82) is 0 Å². The Morgan fingerprint density at radius 1 is 1.22 bits per heavy atom. The average molecular weight is 367 g/mol. The van der Waals surface area contributed by atoms with Crippen LogP contribution in [0.1, 0.15) is 48.9 Å². The van der Waals surface area contributed by atoms with Crippen molar-refractivity contribution in [2.45, 2.75) is 44.8 Å². The first-order chi connectivity index (χ1) is 13.2. The zero-order valence-electron chi connectivity index (χ0n) is 15.7. The van der Waals surface area contributed by atoms with Crippen LogP contribution in [0.15, 0.2) is 24.3 Å². The van der Waals surface area contributed by atoms with Crippen LogP contribution in [0.2, 0.25) is 0 Å². The average Bonchev–Trinajstić information content (AvgIpc) is 3.44. The van der Waals surface area contributed by atoms with Gasteiger partial charge in [-0.15, -0.1) is 10.2 Å². The first-order valence-electron chi connectivity index (χ1n) is 9.83. The zero-order chi connectivity index (χ0) is 18.4. The molecule has 0 spiro atoms. The molecular weight excluding hydrogens is 342 g/mol. The van der Waals surface area contributed by atoms with Gasteiger partial charge >= 0.3 is 0 Å². The molecule has 1 amide bonds. The number of para-hydroxylation sites is 1. The van der Waals surface area contributed by atoms with Crippen LogP contribution in [0.25, 0.3) is 0 Å². The number of amides is 1. The van der Waals surface area contributed by atoms with E-state index in [0.717, 1.165) is 42.6 Å². The van der Waals surface area contributed by atoms with Crippen LogP contribution in [0.5, 0.6) is 5.75 Å². The summed E-state index contributed by atoms with van der Waals surface area (Å²) in [5.41, 5.74) is 1.14. The highest BCUT2D eigenvalue weighted by Gasteiger charge is 2.35. The number of hydrogen-bond donors (Lipinski definition) is 0. The summed E-state index contributed by atoms with van der Waals surface area (Å²) >= 11 is 0. The van der Waals surface area contributed by atoms with E-state index < -0.39 is 0 Å². The number of fused-ring (bicyclic) bond motifs is 2. The lowest BCUT2D eigenvalue weighted by Gasteiger charge is -2.34. The van der Waals surface area contributed by atoms with Gasteiger partial charge in [0.2, 0.25) is 5.91 Å². The van der Waals surface area contributed by atoms with Crippen molar-refractivity contribution in [3.05, 3.63) is 41.5 Å². The maximum atomic E-state index is 13.0. The van der Waals surface area contributed by atoms with Gasteiger partial charge in [-0.3, -0.25) is 9.69 Å². The fourth-order valence-corrected chi connectivity index (χ4v) is 4.18. The lowest BCUT2D eigenvalue weighted by atomic mass is 10.2. The Kier molecular flexibility index (Phi) is 4.11. The SMILES string of the molecule is C[C@H]1CN(C(=O)CN2CCOc3ccccc3C2)Cc2nnc(C3CC3)n21. The van der Waals surface area contributed by atoms with E-state index in [1.165, 1.54) is 12.8 Å². The second kappa shape index (κ2) is 6.64. The number of nitrogens with zero attached hydrogens (tertiary/aromatic N) is 5. The molecule has 1 saturated carbocycles. The molecule has 27 heavy (non-hydrogen) atoms. The third-order valence-electron chi connectivity index (χ3n) is 5.74. The molecule has 0 N–H and O–H groups in total. The Morgan fingerprint density at radius 3 is 2.93 bits per heavy atom.